The van der Waals surface area contributed by atoms with E-state index in [1.165, 1.54) is 18.5 Å². The molecule has 2 aromatic rings. The summed E-state index contributed by atoms with van der Waals surface area (Å²) in [6.07, 6.45) is 2.84. The quantitative estimate of drug-likeness (QED) is 0.224. The molecular weight excluding hydrogens is 501 g/mol. The van der Waals surface area contributed by atoms with Gasteiger partial charge in [-0.2, -0.15) is 0 Å². The number of aliphatic imine (C=N–C) groups is 1. The summed E-state index contributed by atoms with van der Waals surface area (Å²) in [5, 5.41) is 7.00. The maximum absolute atomic E-state index is 12.1. The molecule has 0 aliphatic rings. The van der Waals surface area contributed by atoms with Crippen molar-refractivity contribution in [2.45, 2.75) is 17.9 Å². The number of nitrogens with one attached hydrogen (secondary N) is 3. The van der Waals surface area contributed by atoms with Crippen molar-refractivity contribution in [2.75, 3.05) is 20.1 Å². The van der Waals surface area contributed by atoms with Crippen molar-refractivity contribution in [2.24, 2.45) is 4.99 Å². The summed E-state index contributed by atoms with van der Waals surface area (Å²) >= 11 is 5.90. The highest BCUT2D eigenvalue weighted by atomic mass is 127. The zero-order valence-corrected chi connectivity index (χ0v) is 18.9. The molecule has 0 radical (unpaired) electrons. The second kappa shape index (κ2) is 11.4. The number of hydrogen-bond donors (Lipinski definition) is 3. The lowest BCUT2D eigenvalue weighted by Gasteiger charge is -2.18. The van der Waals surface area contributed by atoms with Gasteiger partial charge in [-0.05, 0) is 36.8 Å². The average Bonchev–Trinajstić information content (AvgIpc) is 2.65. The van der Waals surface area contributed by atoms with Crippen molar-refractivity contribution in [1.82, 2.24) is 20.3 Å². The fourth-order valence-corrected chi connectivity index (χ4v) is 3.31. The standard InChI is InChI=1S/C17H22ClN5O2S.HI/c1-13(14-5-7-15(18)8-6-14)23-17(19-2)21-10-11-22-26(24,25)16-4-3-9-20-12-16;/h3-9,12-13,22H,10-11H2,1-2H3,(H2,19,21,23);1H. The second-order valence-corrected chi connectivity index (χ2v) is 7.71. The molecule has 1 aromatic heterocycles. The molecule has 0 spiro atoms. The van der Waals surface area contributed by atoms with Crippen LogP contribution in [0.25, 0.3) is 0 Å². The third-order valence-electron chi connectivity index (χ3n) is 3.60. The average molecular weight is 524 g/mol. The zero-order chi connectivity index (χ0) is 19.0. The van der Waals surface area contributed by atoms with E-state index in [-0.39, 0.29) is 41.5 Å². The summed E-state index contributed by atoms with van der Waals surface area (Å²) in [5.74, 6) is 0.577. The van der Waals surface area contributed by atoms with Crippen LogP contribution in [-0.4, -0.2) is 39.5 Å². The first-order chi connectivity index (χ1) is 12.4. The molecule has 3 N–H and O–H groups in total. The first-order valence-corrected chi connectivity index (χ1v) is 9.91. The normalized spacial score (nSPS) is 12.8. The molecule has 0 amide bonds. The van der Waals surface area contributed by atoms with Crippen LogP contribution in [-0.2, 0) is 10.0 Å². The van der Waals surface area contributed by atoms with Crippen LogP contribution >= 0.6 is 35.6 Å². The van der Waals surface area contributed by atoms with Crippen molar-refractivity contribution in [1.29, 1.82) is 0 Å². The number of sulfonamides is 1. The summed E-state index contributed by atoms with van der Waals surface area (Å²) in [6.45, 7) is 2.60. The molecule has 1 heterocycles. The topological polar surface area (TPSA) is 95.5 Å². The Morgan fingerprint density at radius 2 is 1.93 bits per heavy atom. The monoisotopic (exact) mass is 523 g/mol. The van der Waals surface area contributed by atoms with Gasteiger partial charge in [0.25, 0.3) is 0 Å². The summed E-state index contributed by atoms with van der Waals surface area (Å²) < 4.78 is 26.7. The van der Waals surface area contributed by atoms with Gasteiger partial charge in [-0.25, -0.2) is 13.1 Å². The van der Waals surface area contributed by atoms with E-state index in [2.05, 4.69) is 25.3 Å². The minimum absolute atomic E-state index is 0. The predicted molar refractivity (Wildman–Crippen MR) is 119 cm³/mol. The molecule has 10 heteroatoms. The number of halogens is 2. The number of guanidine groups is 1. The van der Waals surface area contributed by atoms with E-state index >= 15 is 0 Å². The molecule has 0 fully saturated rings. The van der Waals surface area contributed by atoms with Gasteiger partial charge in [0.2, 0.25) is 10.0 Å². The number of pyridine rings is 1. The largest absolute Gasteiger partial charge is 0.355 e. The Morgan fingerprint density at radius 1 is 1.22 bits per heavy atom. The first-order valence-electron chi connectivity index (χ1n) is 8.04. The molecule has 1 aromatic carbocycles. The van der Waals surface area contributed by atoms with E-state index in [4.69, 9.17) is 11.6 Å². The third-order valence-corrected chi connectivity index (χ3v) is 5.30. The van der Waals surface area contributed by atoms with E-state index in [0.717, 1.165) is 5.56 Å². The molecule has 0 bridgehead atoms. The first kappa shape index (κ1) is 23.6. The van der Waals surface area contributed by atoms with Crippen LogP contribution in [0.1, 0.15) is 18.5 Å². The summed E-state index contributed by atoms with van der Waals surface area (Å²) in [4.78, 5) is 8.10. The van der Waals surface area contributed by atoms with E-state index in [9.17, 15) is 8.42 Å². The van der Waals surface area contributed by atoms with Crippen LogP contribution in [0.5, 0.6) is 0 Å². The minimum Gasteiger partial charge on any atom is -0.355 e. The molecule has 148 valence electrons. The van der Waals surface area contributed by atoms with Gasteiger partial charge in [0.1, 0.15) is 4.90 Å². The molecule has 0 aliphatic carbocycles. The predicted octanol–water partition coefficient (Wildman–Crippen LogP) is 2.56. The molecule has 7 nitrogen and oxygen atoms in total. The summed E-state index contributed by atoms with van der Waals surface area (Å²) in [5.41, 5.74) is 1.06. The van der Waals surface area contributed by atoms with Gasteiger partial charge in [0, 0.05) is 37.6 Å². The highest BCUT2D eigenvalue weighted by Gasteiger charge is 2.13. The van der Waals surface area contributed by atoms with Gasteiger partial charge in [-0.15, -0.1) is 24.0 Å². The Morgan fingerprint density at radius 3 is 2.52 bits per heavy atom. The van der Waals surface area contributed by atoms with Gasteiger partial charge in [0.15, 0.2) is 5.96 Å². The fourth-order valence-electron chi connectivity index (χ4n) is 2.19. The summed E-state index contributed by atoms with van der Waals surface area (Å²) in [6, 6.07) is 10.6. The van der Waals surface area contributed by atoms with Crippen LogP contribution in [0, 0.1) is 0 Å². The Bertz CT molecular complexity index is 832. The Hall–Kier alpha value is -1.43. The van der Waals surface area contributed by atoms with Gasteiger partial charge >= 0.3 is 0 Å². The molecular formula is C17H23ClIN5O2S. The highest BCUT2D eigenvalue weighted by molar-refractivity contribution is 14.0. The van der Waals surface area contributed by atoms with Crippen LogP contribution in [0.3, 0.4) is 0 Å². The number of aromatic nitrogens is 1. The van der Waals surface area contributed by atoms with Crippen molar-refractivity contribution in [3.05, 3.63) is 59.4 Å². The summed E-state index contributed by atoms with van der Waals surface area (Å²) in [7, 11) is -1.90. The van der Waals surface area contributed by atoms with Crippen molar-refractivity contribution >= 4 is 51.6 Å². The van der Waals surface area contributed by atoms with Crippen molar-refractivity contribution in [3.63, 3.8) is 0 Å². The lowest BCUT2D eigenvalue weighted by atomic mass is 10.1. The highest BCUT2D eigenvalue weighted by Crippen LogP contribution is 2.15. The zero-order valence-electron chi connectivity index (χ0n) is 15.0. The van der Waals surface area contributed by atoms with E-state index < -0.39 is 10.0 Å². The maximum atomic E-state index is 12.1. The smallest absolute Gasteiger partial charge is 0.242 e. The van der Waals surface area contributed by atoms with Gasteiger partial charge in [-0.3, -0.25) is 9.98 Å². The number of hydrogen-bond acceptors (Lipinski definition) is 4. The molecule has 1 unspecified atom stereocenters. The lowest BCUT2D eigenvalue weighted by molar-refractivity contribution is 0.579. The molecule has 27 heavy (non-hydrogen) atoms. The van der Waals surface area contributed by atoms with E-state index in [1.54, 1.807) is 13.1 Å². The molecule has 0 saturated heterocycles. The van der Waals surface area contributed by atoms with Gasteiger partial charge < -0.3 is 10.6 Å². The molecule has 1 atom stereocenters. The van der Waals surface area contributed by atoms with E-state index in [0.29, 0.717) is 17.5 Å². The fraction of sp³-hybridized carbons (Fsp3) is 0.294. The van der Waals surface area contributed by atoms with Crippen LogP contribution < -0.4 is 15.4 Å². The third kappa shape index (κ3) is 7.60. The Labute approximate surface area is 182 Å². The Kier molecular flexibility index (Phi) is 9.99. The second-order valence-electron chi connectivity index (χ2n) is 5.50. The SMILES string of the molecule is CN=C(NCCNS(=O)(=O)c1cccnc1)NC(C)c1ccc(Cl)cc1.I. The van der Waals surface area contributed by atoms with Crippen LogP contribution in [0.15, 0.2) is 58.7 Å². The number of nitrogens with zero attached hydrogens (tertiary/aromatic N) is 2. The van der Waals surface area contributed by atoms with Crippen LogP contribution in [0.4, 0.5) is 0 Å². The van der Waals surface area contributed by atoms with Gasteiger partial charge in [-0.1, -0.05) is 23.7 Å². The molecule has 0 saturated carbocycles. The maximum Gasteiger partial charge on any atom is 0.242 e. The molecule has 2 rings (SSSR count). The van der Waals surface area contributed by atoms with Gasteiger partial charge in [0.05, 0.1) is 6.04 Å². The lowest BCUT2D eigenvalue weighted by Crippen LogP contribution is -2.42. The van der Waals surface area contributed by atoms with Crippen LogP contribution in [0.2, 0.25) is 5.02 Å². The number of benzene rings is 1. The van der Waals surface area contributed by atoms with Crippen molar-refractivity contribution < 1.29 is 8.42 Å². The van der Waals surface area contributed by atoms with E-state index in [1.807, 2.05) is 31.2 Å². The number of rotatable bonds is 7. The minimum atomic E-state index is -3.56. The molecule has 0 aliphatic heterocycles. The Balaban J connectivity index is 0.00000364. The van der Waals surface area contributed by atoms with Crippen molar-refractivity contribution in [3.8, 4) is 0 Å².